The van der Waals surface area contributed by atoms with E-state index in [1.54, 1.807) is 25.1 Å². The summed E-state index contributed by atoms with van der Waals surface area (Å²) in [7, 11) is 0. The number of hydrogen-bond acceptors (Lipinski definition) is 4. The second-order valence-electron chi connectivity index (χ2n) is 7.77. The second kappa shape index (κ2) is 9.93. The Hall–Kier alpha value is -3.23. The predicted octanol–water partition coefficient (Wildman–Crippen LogP) is 4.53. The molecule has 1 aromatic carbocycles. The van der Waals surface area contributed by atoms with Crippen LogP contribution in [0.2, 0.25) is 0 Å². The van der Waals surface area contributed by atoms with Gasteiger partial charge in [-0.1, -0.05) is 12.7 Å². The number of likely N-dealkylation sites (tertiary alicyclic amines) is 1. The van der Waals surface area contributed by atoms with E-state index in [1.807, 2.05) is 0 Å². The molecule has 0 saturated carbocycles. The van der Waals surface area contributed by atoms with E-state index in [0.29, 0.717) is 29.1 Å². The van der Waals surface area contributed by atoms with Crippen LogP contribution in [0.1, 0.15) is 36.5 Å². The number of alkyl halides is 3. The van der Waals surface area contributed by atoms with Crippen LogP contribution in [0.4, 0.5) is 13.2 Å². The summed E-state index contributed by atoms with van der Waals surface area (Å²) in [6.07, 6.45) is 2.43. The van der Waals surface area contributed by atoms with Crippen molar-refractivity contribution in [3.05, 3.63) is 70.4 Å². The lowest BCUT2D eigenvalue weighted by molar-refractivity contribution is -0.0878. The summed E-state index contributed by atoms with van der Waals surface area (Å²) in [5.74, 6) is -0.380. The summed E-state index contributed by atoms with van der Waals surface area (Å²) in [5, 5.41) is 2.89. The summed E-state index contributed by atoms with van der Waals surface area (Å²) < 4.78 is 42.8. The third-order valence-corrected chi connectivity index (χ3v) is 5.62. The summed E-state index contributed by atoms with van der Waals surface area (Å²) in [6, 6.07) is 4.78. The number of aromatic nitrogens is 1. The molecule has 1 amide bonds. The van der Waals surface area contributed by atoms with Crippen molar-refractivity contribution in [1.29, 1.82) is 0 Å². The first-order valence-electron chi connectivity index (χ1n) is 10.4. The first kappa shape index (κ1) is 23.4. The Balaban J connectivity index is 1.44. The fraction of sp³-hybridized carbons (Fsp3) is 0.391. The first-order valence-corrected chi connectivity index (χ1v) is 10.4. The zero-order valence-electron chi connectivity index (χ0n) is 17.8. The van der Waals surface area contributed by atoms with Crippen LogP contribution in [0.25, 0.3) is 11.1 Å². The maximum Gasteiger partial charge on any atom is 0.417 e. The minimum absolute atomic E-state index is 0.237. The number of carbonyl (C=O) groups excluding carboxylic acids is 1. The van der Waals surface area contributed by atoms with Gasteiger partial charge < -0.3 is 14.6 Å². The number of piperidine rings is 1. The van der Waals surface area contributed by atoms with E-state index in [-0.39, 0.29) is 5.91 Å². The van der Waals surface area contributed by atoms with E-state index >= 15 is 0 Å². The highest BCUT2D eigenvalue weighted by Crippen LogP contribution is 2.27. The van der Waals surface area contributed by atoms with Crippen molar-refractivity contribution in [3.63, 3.8) is 0 Å². The molecule has 1 aromatic heterocycles. The molecule has 0 atom stereocenters. The normalized spacial score (nSPS) is 16.1. The fourth-order valence-electron chi connectivity index (χ4n) is 3.72. The number of H-pyrrole nitrogens is 1. The number of allylic oxidation sites excluding steroid dienone is 4. The SMILES string of the molecule is C=C(/C=C\C(=C/C)N1CCC(CCNC(=O)c2ccc3[nH]c(=O)oc3c2)CC1)C(F)(F)F. The van der Waals surface area contributed by atoms with E-state index in [4.69, 9.17) is 4.42 Å². The Kier molecular flexibility index (Phi) is 7.27. The third-order valence-electron chi connectivity index (χ3n) is 5.62. The highest BCUT2D eigenvalue weighted by atomic mass is 19.4. The summed E-state index contributed by atoms with van der Waals surface area (Å²) in [4.78, 5) is 28.2. The molecule has 0 radical (unpaired) electrons. The van der Waals surface area contributed by atoms with Gasteiger partial charge in [0.15, 0.2) is 5.58 Å². The van der Waals surface area contributed by atoms with Crippen molar-refractivity contribution in [2.45, 2.75) is 32.4 Å². The molecule has 9 heteroatoms. The molecule has 1 aliphatic heterocycles. The van der Waals surface area contributed by atoms with Crippen LogP contribution in [-0.4, -0.2) is 41.6 Å². The highest BCUT2D eigenvalue weighted by Gasteiger charge is 2.30. The molecule has 0 aliphatic carbocycles. The predicted molar refractivity (Wildman–Crippen MR) is 116 cm³/mol. The second-order valence-corrected chi connectivity index (χ2v) is 7.77. The van der Waals surface area contributed by atoms with E-state index in [1.165, 1.54) is 12.1 Å². The lowest BCUT2D eigenvalue weighted by atomic mass is 9.93. The Morgan fingerprint density at radius 3 is 2.69 bits per heavy atom. The number of amides is 1. The fourth-order valence-corrected chi connectivity index (χ4v) is 3.72. The van der Waals surface area contributed by atoms with Gasteiger partial charge in [0, 0.05) is 36.5 Å². The van der Waals surface area contributed by atoms with E-state index in [9.17, 15) is 22.8 Å². The van der Waals surface area contributed by atoms with Crippen molar-refractivity contribution >= 4 is 17.0 Å². The number of nitrogens with zero attached hydrogens (tertiary/aromatic N) is 1. The van der Waals surface area contributed by atoms with Crippen molar-refractivity contribution < 1.29 is 22.4 Å². The molecule has 1 fully saturated rings. The minimum atomic E-state index is -4.42. The molecule has 2 heterocycles. The maximum atomic E-state index is 12.6. The average molecular weight is 449 g/mol. The molecule has 0 spiro atoms. The Labute approximate surface area is 183 Å². The molecule has 0 bridgehead atoms. The number of aromatic amines is 1. The van der Waals surface area contributed by atoms with Crippen LogP contribution < -0.4 is 11.1 Å². The van der Waals surface area contributed by atoms with Crippen molar-refractivity contribution in [3.8, 4) is 0 Å². The van der Waals surface area contributed by atoms with Gasteiger partial charge in [-0.3, -0.25) is 9.78 Å². The molecular weight excluding hydrogens is 423 g/mol. The molecule has 1 saturated heterocycles. The van der Waals surface area contributed by atoms with Crippen molar-refractivity contribution in [2.75, 3.05) is 19.6 Å². The van der Waals surface area contributed by atoms with Crippen LogP contribution in [-0.2, 0) is 0 Å². The van der Waals surface area contributed by atoms with Crippen LogP contribution in [0, 0.1) is 5.92 Å². The number of benzene rings is 1. The van der Waals surface area contributed by atoms with Gasteiger partial charge in [0.2, 0.25) is 0 Å². The molecular formula is C23H26F3N3O3. The summed E-state index contributed by atoms with van der Waals surface area (Å²) in [6.45, 7) is 6.86. The zero-order chi connectivity index (χ0) is 23.3. The lowest BCUT2D eigenvalue weighted by Crippen LogP contribution is -2.34. The summed E-state index contributed by atoms with van der Waals surface area (Å²) >= 11 is 0. The topological polar surface area (TPSA) is 78.3 Å². The first-order chi connectivity index (χ1) is 15.2. The number of carbonyl (C=O) groups is 1. The number of nitrogens with one attached hydrogen (secondary N) is 2. The van der Waals surface area contributed by atoms with E-state index < -0.39 is 17.5 Å². The van der Waals surface area contributed by atoms with Gasteiger partial charge in [-0.05, 0) is 62.5 Å². The molecule has 2 N–H and O–H groups in total. The van der Waals surface area contributed by atoms with Crippen LogP contribution in [0.15, 0.2) is 63.5 Å². The standard InChI is InChI=1S/C23H26F3N3O3/c1-3-18(6-4-15(2)23(24,25)26)29-12-9-16(10-13-29)8-11-27-21(30)17-5-7-19-20(14-17)32-22(31)28-19/h3-7,14,16H,2,8-13H2,1H3,(H,27,30)(H,28,31)/b6-4-,18-3+. The van der Waals surface area contributed by atoms with Crippen LogP contribution in [0.5, 0.6) is 0 Å². The average Bonchev–Trinajstić information content (AvgIpc) is 3.13. The quantitative estimate of drug-likeness (QED) is 0.609. The number of fused-ring (bicyclic) bond motifs is 1. The Morgan fingerprint density at radius 1 is 1.31 bits per heavy atom. The molecule has 3 rings (SSSR count). The molecule has 6 nitrogen and oxygen atoms in total. The highest BCUT2D eigenvalue weighted by molar-refractivity contribution is 5.96. The van der Waals surface area contributed by atoms with Crippen molar-refractivity contribution in [2.24, 2.45) is 5.92 Å². The number of rotatable bonds is 7. The van der Waals surface area contributed by atoms with Gasteiger partial charge in [-0.15, -0.1) is 0 Å². The van der Waals surface area contributed by atoms with Crippen molar-refractivity contribution in [1.82, 2.24) is 15.2 Å². The third kappa shape index (κ3) is 5.93. The largest absolute Gasteiger partial charge is 0.417 e. The van der Waals surface area contributed by atoms with Crippen LogP contribution >= 0.6 is 0 Å². The maximum absolute atomic E-state index is 12.6. The Bertz CT molecular complexity index is 1090. The zero-order valence-corrected chi connectivity index (χ0v) is 17.8. The molecule has 0 unspecified atom stereocenters. The molecule has 1 aliphatic rings. The van der Waals surface area contributed by atoms with Crippen LogP contribution in [0.3, 0.4) is 0 Å². The smallest absolute Gasteiger partial charge is 0.408 e. The monoisotopic (exact) mass is 449 g/mol. The van der Waals surface area contributed by atoms with Gasteiger partial charge in [0.25, 0.3) is 5.91 Å². The molecule has 32 heavy (non-hydrogen) atoms. The summed E-state index contributed by atoms with van der Waals surface area (Å²) in [5.41, 5.74) is 1.16. The molecule has 172 valence electrons. The number of halogens is 3. The van der Waals surface area contributed by atoms with E-state index in [2.05, 4.69) is 21.8 Å². The van der Waals surface area contributed by atoms with Gasteiger partial charge in [-0.25, -0.2) is 4.79 Å². The van der Waals surface area contributed by atoms with Gasteiger partial charge in [0.05, 0.1) is 5.52 Å². The van der Waals surface area contributed by atoms with Gasteiger partial charge in [-0.2, -0.15) is 13.2 Å². The van der Waals surface area contributed by atoms with E-state index in [0.717, 1.165) is 44.1 Å². The Morgan fingerprint density at radius 2 is 2.03 bits per heavy atom. The molecule has 2 aromatic rings. The number of oxazole rings is 1. The lowest BCUT2D eigenvalue weighted by Gasteiger charge is -2.34. The number of hydrogen-bond donors (Lipinski definition) is 2. The van der Waals surface area contributed by atoms with Gasteiger partial charge >= 0.3 is 11.9 Å². The minimum Gasteiger partial charge on any atom is -0.408 e. The van der Waals surface area contributed by atoms with Gasteiger partial charge in [0.1, 0.15) is 0 Å².